The molecule has 10 heteroatoms. The van der Waals surface area contributed by atoms with E-state index in [1.165, 1.54) is 6.33 Å². The second kappa shape index (κ2) is 10.9. The first-order valence-corrected chi connectivity index (χ1v) is 12.1. The quantitative estimate of drug-likeness (QED) is 0.388. The zero-order valence-electron chi connectivity index (χ0n) is 18.9. The molecule has 2 aromatic heterocycles. The molecule has 0 bridgehead atoms. The third kappa shape index (κ3) is 6.98. The number of carbonyl (C=O) groups is 1. The van der Waals surface area contributed by atoms with Crippen molar-refractivity contribution in [1.29, 1.82) is 0 Å². The minimum atomic E-state index is -3.32. The highest BCUT2D eigenvalue weighted by Gasteiger charge is 2.18. The largest absolute Gasteiger partial charge is 0.368 e. The van der Waals surface area contributed by atoms with Crippen molar-refractivity contribution in [3.05, 3.63) is 66.1 Å². The van der Waals surface area contributed by atoms with Gasteiger partial charge >= 0.3 is 0 Å². The van der Waals surface area contributed by atoms with Crippen LogP contribution in [0, 0.1) is 6.92 Å². The van der Waals surface area contributed by atoms with Gasteiger partial charge in [0.05, 0.1) is 16.6 Å². The van der Waals surface area contributed by atoms with Gasteiger partial charge in [-0.2, -0.15) is 0 Å². The Kier molecular flexibility index (Phi) is 7.94. The van der Waals surface area contributed by atoms with E-state index in [9.17, 15) is 13.2 Å². The molecule has 0 aliphatic rings. The zero-order chi connectivity index (χ0) is 23.8. The SMILES string of the molecule is Cc1ccnc(Nc2cc(NCCNC(=O)Cc3ccc(S(=O)(=O)C(C)C)cc3)ncn2)c1. The van der Waals surface area contributed by atoms with Crippen LogP contribution in [0.1, 0.15) is 25.0 Å². The topological polar surface area (TPSA) is 126 Å². The summed E-state index contributed by atoms with van der Waals surface area (Å²) in [4.78, 5) is 25.1. The summed E-state index contributed by atoms with van der Waals surface area (Å²) in [6.07, 6.45) is 3.35. The Balaban J connectivity index is 1.44. The molecule has 0 spiro atoms. The van der Waals surface area contributed by atoms with Crippen molar-refractivity contribution in [3.8, 4) is 0 Å². The number of hydrogen-bond acceptors (Lipinski definition) is 8. The van der Waals surface area contributed by atoms with Gasteiger partial charge in [-0.1, -0.05) is 12.1 Å². The molecule has 1 aromatic carbocycles. The molecule has 0 unspecified atom stereocenters. The van der Waals surface area contributed by atoms with Crippen LogP contribution in [0.2, 0.25) is 0 Å². The van der Waals surface area contributed by atoms with E-state index in [4.69, 9.17) is 0 Å². The average molecular weight is 469 g/mol. The monoisotopic (exact) mass is 468 g/mol. The Hall–Kier alpha value is -3.53. The van der Waals surface area contributed by atoms with Gasteiger partial charge in [0.2, 0.25) is 5.91 Å². The summed E-state index contributed by atoms with van der Waals surface area (Å²) in [6, 6.07) is 12.0. The number of hydrogen-bond donors (Lipinski definition) is 3. The number of nitrogens with one attached hydrogen (secondary N) is 3. The Morgan fingerprint density at radius 3 is 2.33 bits per heavy atom. The van der Waals surface area contributed by atoms with Gasteiger partial charge in [-0.15, -0.1) is 0 Å². The summed E-state index contributed by atoms with van der Waals surface area (Å²) >= 11 is 0. The molecule has 2 heterocycles. The number of pyridine rings is 1. The molecule has 3 N–H and O–H groups in total. The molecular weight excluding hydrogens is 440 g/mol. The van der Waals surface area contributed by atoms with E-state index >= 15 is 0 Å². The van der Waals surface area contributed by atoms with E-state index in [0.29, 0.717) is 30.5 Å². The molecule has 0 atom stereocenters. The molecular formula is C23H28N6O3S. The van der Waals surface area contributed by atoms with Crippen LogP contribution >= 0.6 is 0 Å². The first kappa shape index (κ1) is 24.1. The Labute approximate surface area is 194 Å². The number of amides is 1. The fourth-order valence-corrected chi connectivity index (χ4v) is 4.03. The zero-order valence-corrected chi connectivity index (χ0v) is 19.7. The van der Waals surface area contributed by atoms with Crippen molar-refractivity contribution in [3.63, 3.8) is 0 Å². The number of anilines is 3. The first-order chi connectivity index (χ1) is 15.7. The van der Waals surface area contributed by atoms with Crippen molar-refractivity contribution in [2.24, 2.45) is 0 Å². The highest BCUT2D eigenvalue weighted by Crippen LogP contribution is 2.17. The number of sulfone groups is 1. The smallest absolute Gasteiger partial charge is 0.224 e. The van der Waals surface area contributed by atoms with Crippen LogP contribution in [0.15, 0.2) is 59.9 Å². The maximum absolute atomic E-state index is 12.2. The minimum absolute atomic E-state index is 0.146. The molecule has 33 heavy (non-hydrogen) atoms. The van der Waals surface area contributed by atoms with Gasteiger partial charge in [-0.3, -0.25) is 4.79 Å². The fourth-order valence-electron chi connectivity index (χ4n) is 2.97. The lowest BCUT2D eigenvalue weighted by molar-refractivity contribution is -0.120. The minimum Gasteiger partial charge on any atom is -0.368 e. The molecule has 0 saturated heterocycles. The highest BCUT2D eigenvalue weighted by molar-refractivity contribution is 7.92. The predicted molar refractivity (Wildman–Crippen MR) is 128 cm³/mol. The van der Waals surface area contributed by atoms with Crippen molar-refractivity contribution >= 4 is 33.2 Å². The fraction of sp³-hybridized carbons (Fsp3) is 0.304. The van der Waals surface area contributed by atoms with Gasteiger partial charge in [0.15, 0.2) is 9.84 Å². The van der Waals surface area contributed by atoms with Crippen molar-refractivity contribution in [1.82, 2.24) is 20.3 Å². The number of carbonyl (C=O) groups excluding carboxylic acids is 1. The van der Waals surface area contributed by atoms with E-state index in [1.54, 1.807) is 50.4 Å². The van der Waals surface area contributed by atoms with Crippen LogP contribution in [-0.4, -0.2) is 47.6 Å². The summed E-state index contributed by atoms with van der Waals surface area (Å²) in [6.45, 7) is 6.16. The summed E-state index contributed by atoms with van der Waals surface area (Å²) in [5.41, 5.74) is 1.84. The molecule has 0 aliphatic carbocycles. The molecule has 3 rings (SSSR count). The maximum Gasteiger partial charge on any atom is 0.224 e. The number of rotatable bonds is 10. The summed E-state index contributed by atoms with van der Waals surface area (Å²) in [5, 5.41) is 8.62. The number of aryl methyl sites for hydroxylation is 1. The predicted octanol–water partition coefficient (Wildman–Crippen LogP) is 2.88. The van der Waals surface area contributed by atoms with Crippen LogP contribution in [0.4, 0.5) is 17.5 Å². The Morgan fingerprint density at radius 1 is 0.939 bits per heavy atom. The molecule has 0 saturated carbocycles. The van der Waals surface area contributed by atoms with E-state index in [0.717, 1.165) is 11.1 Å². The molecule has 0 aliphatic heterocycles. The van der Waals surface area contributed by atoms with Crippen LogP contribution in [0.3, 0.4) is 0 Å². The third-order valence-corrected chi connectivity index (χ3v) is 7.00. The highest BCUT2D eigenvalue weighted by atomic mass is 32.2. The molecule has 0 fully saturated rings. The van der Waals surface area contributed by atoms with Crippen LogP contribution < -0.4 is 16.0 Å². The molecule has 1 amide bonds. The van der Waals surface area contributed by atoms with Gasteiger partial charge in [0, 0.05) is 25.4 Å². The van der Waals surface area contributed by atoms with E-state index in [1.807, 2.05) is 19.1 Å². The van der Waals surface area contributed by atoms with E-state index in [2.05, 4.69) is 30.9 Å². The maximum atomic E-state index is 12.2. The third-order valence-electron chi connectivity index (χ3n) is 4.83. The molecule has 174 valence electrons. The number of aromatic nitrogens is 3. The summed E-state index contributed by atoms with van der Waals surface area (Å²) < 4.78 is 24.4. The first-order valence-electron chi connectivity index (χ1n) is 10.6. The van der Waals surface area contributed by atoms with Crippen LogP contribution in [0.5, 0.6) is 0 Å². The second-order valence-electron chi connectivity index (χ2n) is 7.82. The molecule has 0 radical (unpaired) electrons. The lowest BCUT2D eigenvalue weighted by Gasteiger charge is -2.10. The van der Waals surface area contributed by atoms with E-state index in [-0.39, 0.29) is 17.2 Å². The number of benzene rings is 1. The summed E-state index contributed by atoms with van der Waals surface area (Å²) in [5.74, 6) is 1.78. The van der Waals surface area contributed by atoms with Crippen molar-refractivity contribution < 1.29 is 13.2 Å². The van der Waals surface area contributed by atoms with Crippen LogP contribution in [0.25, 0.3) is 0 Å². The standard InChI is InChI=1S/C23H28N6O3S/c1-16(2)33(31,32)19-6-4-18(5-7-19)13-23(30)26-11-10-25-20-14-22(28-15-27-20)29-21-12-17(3)8-9-24-21/h4-9,12,14-16H,10-11,13H2,1-3H3,(H,26,30)(H2,24,25,27,28,29). The summed E-state index contributed by atoms with van der Waals surface area (Å²) in [7, 11) is -3.32. The van der Waals surface area contributed by atoms with Gasteiger partial charge in [-0.25, -0.2) is 23.4 Å². The average Bonchev–Trinajstić information content (AvgIpc) is 2.77. The van der Waals surface area contributed by atoms with Gasteiger partial charge < -0.3 is 16.0 Å². The molecule has 9 nitrogen and oxygen atoms in total. The van der Waals surface area contributed by atoms with Crippen molar-refractivity contribution in [2.75, 3.05) is 23.7 Å². The van der Waals surface area contributed by atoms with Crippen LogP contribution in [-0.2, 0) is 21.1 Å². The van der Waals surface area contributed by atoms with Gasteiger partial charge in [-0.05, 0) is 56.2 Å². The lowest BCUT2D eigenvalue weighted by atomic mass is 10.1. The second-order valence-corrected chi connectivity index (χ2v) is 10.3. The van der Waals surface area contributed by atoms with Gasteiger partial charge in [0.1, 0.15) is 23.8 Å². The van der Waals surface area contributed by atoms with Gasteiger partial charge in [0.25, 0.3) is 0 Å². The Bertz CT molecular complexity index is 1200. The molecule has 3 aromatic rings. The van der Waals surface area contributed by atoms with E-state index < -0.39 is 15.1 Å². The lowest BCUT2D eigenvalue weighted by Crippen LogP contribution is -2.30. The normalized spacial score (nSPS) is 11.3. The Morgan fingerprint density at radius 2 is 1.64 bits per heavy atom. The number of nitrogens with zero attached hydrogens (tertiary/aromatic N) is 3. The van der Waals surface area contributed by atoms with Crippen molar-refractivity contribution in [2.45, 2.75) is 37.3 Å².